The van der Waals surface area contributed by atoms with Gasteiger partial charge in [-0.05, 0) is 36.2 Å². The Morgan fingerprint density at radius 2 is 1.72 bits per heavy atom. The van der Waals surface area contributed by atoms with Gasteiger partial charge in [-0.2, -0.15) is 0 Å². The van der Waals surface area contributed by atoms with Gasteiger partial charge in [-0.1, -0.05) is 30.3 Å². The van der Waals surface area contributed by atoms with Crippen LogP contribution in [0.4, 0.5) is 4.39 Å². The number of carbonyl (C=O) groups is 1. The van der Waals surface area contributed by atoms with Crippen LogP contribution in [0.5, 0.6) is 0 Å². The molecule has 0 saturated carbocycles. The van der Waals surface area contributed by atoms with Crippen molar-refractivity contribution in [2.75, 3.05) is 32.7 Å². The molecular formula is C20H23FN2O2. The molecule has 0 aromatic heterocycles. The monoisotopic (exact) mass is 342 g/mol. The summed E-state index contributed by atoms with van der Waals surface area (Å²) < 4.78 is 13.0. The number of rotatable bonds is 4. The summed E-state index contributed by atoms with van der Waals surface area (Å²) in [5.41, 5.74) is 1.42. The van der Waals surface area contributed by atoms with Crippen LogP contribution in [0.3, 0.4) is 0 Å². The number of amides is 1. The predicted octanol–water partition coefficient (Wildman–Crippen LogP) is 2.71. The summed E-state index contributed by atoms with van der Waals surface area (Å²) in [4.78, 5) is 16.6. The third-order valence-corrected chi connectivity index (χ3v) is 4.58. The third-order valence-electron chi connectivity index (χ3n) is 4.58. The summed E-state index contributed by atoms with van der Waals surface area (Å²) in [7, 11) is 0. The second-order valence-electron chi connectivity index (χ2n) is 6.38. The van der Waals surface area contributed by atoms with Gasteiger partial charge in [-0.25, -0.2) is 4.39 Å². The Balaban J connectivity index is 1.56. The first kappa shape index (κ1) is 17.6. The number of halogens is 1. The number of aliphatic hydroxyl groups is 1. The van der Waals surface area contributed by atoms with Crippen LogP contribution in [-0.2, 0) is 0 Å². The Kier molecular flexibility index (Phi) is 5.79. The molecule has 0 bridgehead atoms. The topological polar surface area (TPSA) is 43.8 Å². The Hall–Kier alpha value is -2.24. The lowest BCUT2D eigenvalue weighted by molar-refractivity contribution is 0.0754. The van der Waals surface area contributed by atoms with E-state index in [9.17, 15) is 14.3 Å². The molecule has 2 aromatic rings. The van der Waals surface area contributed by atoms with Crippen molar-refractivity contribution in [3.8, 4) is 0 Å². The van der Waals surface area contributed by atoms with Gasteiger partial charge in [0.1, 0.15) is 5.82 Å². The fourth-order valence-corrected chi connectivity index (χ4v) is 3.15. The molecule has 25 heavy (non-hydrogen) atoms. The number of nitrogens with zero attached hydrogens (tertiary/aromatic N) is 2. The molecule has 1 heterocycles. The van der Waals surface area contributed by atoms with Gasteiger partial charge in [0.05, 0.1) is 6.10 Å². The first-order valence-corrected chi connectivity index (χ1v) is 8.64. The third kappa shape index (κ3) is 4.65. The zero-order valence-corrected chi connectivity index (χ0v) is 14.1. The minimum atomic E-state index is -0.656. The van der Waals surface area contributed by atoms with E-state index in [1.54, 1.807) is 12.1 Å². The van der Waals surface area contributed by atoms with E-state index in [0.717, 1.165) is 26.1 Å². The fourth-order valence-electron chi connectivity index (χ4n) is 3.15. The summed E-state index contributed by atoms with van der Waals surface area (Å²) in [6, 6.07) is 15.3. The average molecular weight is 342 g/mol. The molecule has 1 saturated heterocycles. The summed E-state index contributed by atoms with van der Waals surface area (Å²) >= 11 is 0. The molecule has 3 rings (SSSR count). The maximum absolute atomic E-state index is 13.0. The van der Waals surface area contributed by atoms with Crippen molar-refractivity contribution in [3.05, 3.63) is 71.5 Å². The normalized spacial score (nSPS) is 17.1. The molecular weight excluding hydrogens is 319 g/mol. The van der Waals surface area contributed by atoms with E-state index < -0.39 is 6.10 Å². The second-order valence-corrected chi connectivity index (χ2v) is 6.38. The lowest BCUT2D eigenvalue weighted by Gasteiger charge is -2.24. The highest BCUT2D eigenvalue weighted by atomic mass is 19.1. The van der Waals surface area contributed by atoms with E-state index >= 15 is 0 Å². The number of carbonyl (C=O) groups excluding carboxylic acids is 1. The quantitative estimate of drug-likeness (QED) is 0.929. The first-order chi connectivity index (χ1) is 12.1. The van der Waals surface area contributed by atoms with Crippen LogP contribution in [0.25, 0.3) is 0 Å². The zero-order chi connectivity index (χ0) is 17.6. The predicted molar refractivity (Wildman–Crippen MR) is 94.8 cm³/mol. The van der Waals surface area contributed by atoms with Crippen molar-refractivity contribution in [2.45, 2.75) is 12.5 Å². The molecule has 1 unspecified atom stereocenters. The van der Waals surface area contributed by atoms with Gasteiger partial charge in [-0.15, -0.1) is 0 Å². The van der Waals surface area contributed by atoms with Crippen LogP contribution in [0.2, 0.25) is 0 Å². The summed E-state index contributed by atoms with van der Waals surface area (Å²) in [5.74, 6) is -0.248. The van der Waals surface area contributed by atoms with E-state index in [0.29, 0.717) is 24.2 Å². The van der Waals surface area contributed by atoms with Gasteiger partial charge in [-0.3, -0.25) is 9.69 Å². The smallest absolute Gasteiger partial charge is 0.253 e. The molecule has 0 radical (unpaired) electrons. The Morgan fingerprint density at radius 3 is 2.44 bits per heavy atom. The Labute approximate surface area is 147 Å². The SMILES string of the molecule is O=C(c1ccccc1)N1CCCN(CC(O)c2ccc(F)cc2)CC1. The summed E-state index contributed by atoms with van der Waals surface area (Å²) in [6.07, 6.45) is 0.214. The van der Waals surface area contributed by atoms with E-state index in [2.05, 4.69) is 4.90 Å². The molecule has 1 amide bonds. The van der Waals surface area contributed by atoms with Gasteiger partial charge in [0.25, 0.3) is 5.91 Å². The number of hydrogen-bond donors (Lipinski definition) is 1. The molecule has 0 spiro atoms. The van der Waals surface area contributed by atoms with Gasteiger partial charge in [0.15, 0.2) is 0 Å². The first-order valence-electron chi connectivity index (χ1n) is 8.64. The largest absolute Gasteiger partial charge is 0.387 e. The minimum Gasteiger partial charge on any atom is -0.387 e. The standard InChI is InChI=1S/C20H23FN2O2/c21-18-9-7-16(8-10-18)19(24)15-22-11-4-12-23(14-13-22)20(25)17-5-2-1-3-6-17/h1-3,5-10,19,24H,4,11-15H2. The van der Waals surface area contributed by atoms with Crippen molar-refractivity contribution in [1.29, 1.82) is 0 Å². The van der Waals surface area contributed by atoms with E-state index in [-0.39, 0.29) is 11.7 Å². The second kappa shape index (κ2) is 8.23. The van der Waals surface area contributed by atoms with Gasteiger partial charge in [0, 0.05) is 38.3 Å². The maximum atomic E-state index is 13.0. The summed E-state index contributed by atoms with van der Waals surface area (Å²) in [5, 5.41) is 10.4. The highest BCUT2D eigenvalue weighted by Crippen LogP contribution is 2.16. The van der Waals surface area contributed by atoms with Crippen LogP contribution in [-0.4, -0.2) is 53.5 Å². The highest BCUT2D eigenvalue weighted by Gasteiger charge is 2.21. The van der Waals surface area contributed by atoms with Crippen LogP contribution in [0.1, 0.15) is 28.4 Å². The van der Waals surface area contributed by atoms with E-state index in [4.69, 9.17) is 0 Å². The van der Waals surface area contributed by atoms with Gasteiger partial charge < -0.3 is 10.0 Å². The fraction of sp³-hybridized carbons (Fsp3) is 0.350. The molecule has 1 aliphatic heterocycles. The molecule has 4 nitrogen and oxygen atoms in total. The minimum absolute atomic E-state index is 0.0570. The van der Waals surface area contributed by atoms with E-state index in [1.165, 1.54) is 12.1 Å². The highest BCUT2D eigenvalue weighted by molar-refractivity contribution is 5.94. The molecule has 5 heteroatoms. The van der Waals surface area contributed by atoms with Crippen molar-refractivity contribution in [3.63, 3.8) is 0 Å². The Morgan fingerprint density at radius 1 is 1.00 bits per heavy atom. The number of hydrogen-bond acceptors (Lipinski definition) is 3. The summed E-state index contributed by atoms with van der Waals surface area (Å²) in [6.45, 7) is 3.40. The number of β-amino-alcohol motifs (C(OH)–C–C–N with tert-alkyl or cyclic N) is 1. The van der Waals surface area contributed by atoms with Crippen molar-refractivity contribution in [1.82, 2.24) is 9.80 Å². The van der Waals surface area contributed by atoms with Gasteiger partial charge in [0.2, 0.25) is 0 Å². The lowest BCUT2D eigenvalue weighted by Crippen LogP contribution is -2.36. The Bertz CT molecular complexity index is 691. The van der Waals surface area contributed by atoms with Crippen molar-refractivity contribution in [2.24, 2.45) is 0 Å². The molecule has 1 N–H and O–H groups in total. The number of aliphatic hydroxyl groups excluding tert-OH is 1. The van der Waals surface area contributed by atoms with E-state index in [1.807, 2.05) is 35.2 Å². The molecule has 2 aromatic carbocycles. The molecule has 1 aliphatic rings. The van der Waals surface area contributed by atoms with Crippen molar-refractivity contribution < 1.29 is 14.3 Å². The molecule has 132 valence electrons. The molecule has 0 aliphatic carbocycles. The van der Waals surface area contributed by atoms with Crippen LogP contribution in [0.15, 0.2) is 54.6 Å². The lowest BCUT2D eigenvalue weighted by atomic mass is 10.1. The molecule has 1 fully saturated rings. The van der Waals surface area contributed by atoms with Crippen LogP contribution in [0, 0.1) is 5.82 Å². The molecule has 1 atom stereocenters. The zero-order valence-electron chi connectivity index (χ0n) is 14.1. The van der Waals surface area contributed by atoms with Crippen molar-refractivity contribution >= 4 is 5.91 Å². The van der Waals surface area contributed by atoms with Crippen LogP contribution >= 0.6 is 0 Å². The van der Waals surface area contributed by atoms with Crippen LogP contribution < -0.4 is 0 Å². The number of benzene rings is 2. The average Bonchev–Trinajstić information content (AvgIpc) is 2.88. The maximum Gasteiger partial charge on any atom is 0.253 e. The van der Waals surface area contributed by atoms with Gasteiger partial charge >= 0.3 is 0 Å².